The van der Waals surface area contributed by atoms with Crippen molar-refractivity contribution in [3.05, 3.63) is 48.3 Å². The molecule has 9 heteroatoms. The summed E-state index contributed by atoms with van der Waals surface area (Å²) >= 11 is 1.48. The van der Waals surface area contributed by atoms with Gasteiger partial charge < -0.3 is 10.6 Å². The van der Waals surface area contributed by atoms with E-state index in [0.717, 1.165) is 4.90 Å². The van der Waals surface area contributed by atoms with Crippen molar-refractivity contribution in [3.63, 3.8) is 0 Å². The summed E-state index contributed by atoms with van der Waals surface area (Å²) in [6, 6.07) is 9.82. The zero-order chi connectivity index (χ0) is 20.3. The van der Waals surface area contributed by atoms with Crippen LogP contribution in [0.25, 0.3) is 0 Å². The second-order valence-electron chi connectivity index (χ2n) is 6.48. The standard InChI is InChI=1S/C19H19FN2O4S2/c1-12(19(24)21-14-4-2-13(20)3-5-14)11-28(25,26)15-6-7-17-16(10-15)22-18(23)8-9-27-17/h2-7,10,12H,8-9,11H2,1H3,(H,21,24)(H,22,23)/t12-/m1/s1. The number of rotatable bonds is 5. The molecular weight excluding hydrogens is 403 g/mol. The topological polar surface area (TPSA) is 92.3 Å². The maximum Gasteiger partial charge on any atom is 0.228 e. The molecule has 6 nitrogen and oxygen atoms in total. The molecule has 0 saturated heterocycles. The van der Waals surface area contributed by atoms with Gasteiger partial charge in [0.25, 0.3) is 0 Å². The number of anilines is 2. The van der Waals surface area contributed by atoms with E-state index in [1.165, 1.54) is 55.1 Å². The zero-order valence-corrected chi connectivity index (χ0v) is 16.7. The SMILES string of the molecule is C[C@H](CS(=O)(=O)c1ccc2c(c1)NC(=O)CCS2)C(=O)Nc1ccc(F)cc1. The van der Waals surface area contributed by atoms with Gasteiger partial charge in [-0.25, -0.2) is 12.8 Å². The van der Waals surface area contributed by atoms with Gasteiger partial charge in [-0.3, -0.25) is 9.59 Å². The summed E-state index contributed by atoms with van der Waals surface area (Å²) < 4.78 is 38.4. The van der Waals surface area contributed by atoms with Crippen LogP contribution in [0.15, 0.2) is 52.3 Å². The lowest BCUT2D eigenvalue weighted by atomic mass is 10.2. The fourth-order valence-corrected chi connectivity index (χ4v) is 5.20. The number of hydrogen-bond acceptors (Lipinski definition) is 5. The minimum Gasteiger partial charge on any atom is -0.326 e. The summed E-state index contributed by atoms with van der Waals surface area (Å²) in [6.45, 7) is 1.51. The Balaban J connectivity index is 1.73. The molecule has 2 aromatic carbocycles. The quantitative estimate of drug-likeness (QED) is 0.771. The van der Waals surface area contributed by atoms with E-state index in [0.29, 0.717) is 23.5 Å². The second-order valence-corrected chi connectivity index (χ2v) is 9.65. The van der Waals surface area contributed by atoms with E-state index in [-0.39, 0.29) is 16.6 Å². The zero-order valence-electron chi connectivity index (χ0n) is 15.1. The van der Waals surface area contributed by atoms with Crippen molar-refractivity contribution >= 4 is 44.8 Å². The van der Waals surface area contributed by atoms with E-state index < -0.39 is 27.5 Å². The van der Waals surface area contributed by atoms with E-state index in [2.05, 4.69) is 10.6 Å². The van der Waals surface area contributed by atoms with E-state index in [9.17, 15) is 22.4 Å². The van der Waals surface area contributed by atoms with Gasteiger partial charge >= 0.3 is 0 Å². The van der Waals surface area contributed by atoms with Crippen molar-refractivity contribution in [2.24, 2.45) is 5.92 Å². The molecule has 148 valence electrons. The fourth-order valence-electron chi connectivity index (χ4n) is 2.69. The summed E-state index contributed by atoms with van der Waals surface area (Å²) in [5.74, 6) is -1.65. The van der Waals surface area contributed by atoms with Crippen molar-refractivity contribution in [2.75, 3.05) is 22.1 Å². The molecule has 3 rings (SSSR count). The minimum absolute atomic E-state index is 0.0514. The third-order valence-corrected chi connectivity index (χ3v) is 7.19. The Hall–Kier alpha value is -2.39. The van der Waals surface area contributed by atoms with Gasteiger partial charge in [0.15, 0.2) is 9.84 Å². The van der Waals surface area contributed by atoms with E-state index in [1.54, 1.807) is 6.07 Å². The number of halogens is 1. The minimum atomic E-state index is -3.75. The maximum absolute atomic E-state index is 12.9. The number of carbonyl (C=O) groups is 2. The summed E-state index contributed by atoms with van der Waals surface area (Å²) in [6.07, 6.45) is 0.363. The number of fused-ring (bicyclic) bond motifs is 1. The number of hydrogen-bond donors (Lipinski definition) is 2. The van der Waals surface area contributed by atoms with E-state index in [4.69, 9.17) is 0 Å². The van der Waals surface area contributed by atoms with Gasteiger partial charge in [0, 0.05) is 28.7 Å². The molecule has 2 aromatic rings. The second kappa shape index (κ2) is 8.32. The molecule has 2 amide bonds. The Morgan fingerprint density at radius 1 is 1.25 bits per heavy atom. The van der Waals surface area contributed by atoms with Crippen LogP contribution in [0, 0.1) is 11.7 Å². The predicted octanol–water partition coefficient (Wildman–Crippen LogP) is 3.31. The summed E-state index contributed by atoms with van der Waals surface area (Å²) in [4.78, 5) is 24.9. The molecular formula is C19H19FN2O4S2. The summed E-state index contributed by atoms with van der Waals surface area (Å²) in [5.41, 5.74) is 0.859. The van der Waals surface area contributed by atoms with E-state index >= 15 is 0 Å². The Labute approximate surface area is 166 Å². The highest BCUT2D eigenvalue weighted by atomic mass is 32.2. The lowest BCUT2D eigenvalue weighted by Gasteiger charge is -2.14. The van der Waals surface area contributed by atoms with Gasteiger partial charge in [0.05, 0.1) is 16.3 Å². The Bertz CT molecular complexity index is 1010. The maximum atomic E-state index is 12.9. The lowest BCUT2D eigenvalue weighted by molar-refractivity contribution is -0.119. The van der Waals surface area contributed by atoms with Gasteiger partial charge in [0.2, 0.25) is 11.8 Å². The van der Waals surface area contributed by atoms with Crippen molar-refractivity contribution in [3.8, 4) is 0 Å². The Kier molecular flexibility index (Phi) is 6.04. The smallest absolute Gasteiger partial charge is 0.228 e. The van der Waals surface area contributed by atoms with Crippen LogP contribution in [0.3, 0.4) is 0 Å². The molecule has 0 fully saturated rings. The van der Waals surface area contributed by atoms with Gasteiger partial charge in [-0.1, -0.05) is 6.92 Å². The van der Waals surface area contributed by atoms with Crippen molar-refractivity contribution in [1.82, 2.24) is 0 Å². The molecule has 0 aromatic heterocycles. The highest BCUT2D eigenvalue weighted by molar-refractivity contribution is 7.99. The molecule has 0 unspecified atom stereocenters. The molecule has 0 radical (unpaired) electrons. The van der Waals surface area contributed by atoms with Crippen LogP contribution < -0.4 is 10.6 Å². The average Bonchev–Trinajstić information content (AvgIpc) is 2.83. The number of sulfone groups is 1. The van der Waals surface area contributed by atoms with Crippen molar-refractivity contribution in [2.45, 2.75) is 23.1 Å². The van der Waals surface area contributed by atoms with Crippen LogP contribution in [0.2, 0.25) is 0 Å². The molecule has 28 heavy (non-hydrogen) atoms. The largest absolute Gasteiger partial charge is 0.326 e. The van der Waals surface area contributed by atoms with Crippen LogP contribution in [0.5, 0.6) is 0 Å². The van der Waals surface area contributed by atoms with Gasteiger partial charge in [-0.2, -0.15) is 0 Å². The van der Waals surface area contributed by atoms with Crippen LogP contribution in [0.1, 0.15) is 13.3 Å². The molecule has 0 aliphatic carbocycles. The number of benzene rings is 2. The lowest BCUT2D eigenvalue weighted by Crippen LogP contribution is -2.27. The first-order valence-corrected chi connectivity index (χ1v) is 11.2. The molecule has 0 saturated carbocycles. The highest BCUT2D eigenvalue weighted by Gasteiger charge is 2.25. The molecule has 1 atom stereocenters. The third kappa shape index (κ3) is 4.90. The first kappa shape index (κ1) is 20.3. The first-order chi connectivity index (χ1) is 13.2. The third-order valence-electron chi connectivity index (χ3n) is 4.20. The first-order valence-electron chi connectivity index (χ1n) is 8.60. The fraction of sp³-hybridized carbons (Fsp3) is 0.263. The van der Waals surface area contributed by atoms with Crippen LogP contribution >= 0.6 is 11.8 Å². The average molecular weight is 423 g/mol. The molecule has 2 N–H and O–H groups in total. The van der Waals surface area contributed by atoms with Gasteiger partial charge in [0.1, 0.15) is 5.82 Å². The van der Waals surface area contributed by atoms with Crippen LogP contribution in [-0.4, -0.2) is 31.7 Å². The number of carbonyl (C=O) groups excluding carboxylic acids is 2. The molecule has 0 spiro atoms. The summed E-state index contributed by atoms with van der Waals surface area (Å²) in [5, 5.41) is 5.29. The van der Waals surface area contributed by atoms with Crippen molar-refractivity contribution < 1.29 is 22.4 Å². The van der Waals surface area contributed by atoms with Gasteiger partial charge in [-0.05, 0) is 42.5 Å². The number of amides is 2. The van der Waals surface area contributed by atoms with Gasteiger partial charge in [-0.15, -0.1) is 11.8 Å². The van der Waals surface area contributed by atoms with Crippen LogP contribution in [-0.2, 0) is 19.4 Å². The number of thioether (sulfide) groups is 1. The van der Waals surface area contributed by atoms with E-state index in [1.807, 2.05) is 0 Å². The molecule has 1 heterocycles. The van der Waals surface area contributed by atoms with Crippen LogP contribution in [0.4, 0.5) is 15.8 Å². The Morgan fingerprint density at radius 3 is 2.68 bits per heavy atom. The molecule has 0 bridgehead atoms. The molecule has 1 aliphatic rings. The highest BCUT2D eigenvalue weighted by Crippen LogP contribution is 2.33. The Morgan fingerprint density at radius 2 is 1.96 bits per heavy atom. The normalized spacial score (nSPS) is 15.1. The molecule has 1 aliphatic heterocycles. The van der Waals surface area contributed by atoms with Crippen molar-refractivity contribution in [1.29, 1.82) is 0 Å². The summed E-state index contributed by atoms with van der Waals surface area (Å²) in [7, 11) is -3.75. The monoisotopic (exact) mass is 422 g/mol. The predicted molar refractivity (Wildman–Crippen MR) is 107 cm³/mol. The number of nitrogens with one attached hydrogen (secondary N) is 2.